The number of amides is 1. The summed E-state index contributed by atoms with van der Waals surface area (Å²) in [5, 5.41) is 18.9. The van der Waals surface area contributed by atoms with Crippen LogP contribution < -0.4 is 5.32 Å². The highest BCUT2D eigenvalue weighted by Gasteiger charge is 2.17. The van der Waals surface area contributed by atoms with E-state index in [0.29, 0.717) is 6.42 Å². The van der Waals surface area contributed by atoms with Crippen LogP contribution in [0.2, 0.25) is 0 Å². The minimum atomic E-state index is -1.57. The summed E-state index contributed by atoms with van der Waals surface area (Å²) in [5.74, 6) is -2.46. The third-order valence-corrected chi connectivity index (χ3v) is 1.36. The van der Waals surface area contributed by atoms with E-state index >= 15 is 0 Å². The highest BCUT2D eigenvalue weighted by atomic mass is 16.4. The molecular formula is C8H12N2O3. The number of carboxylic acids is 1. The first kappa shape index (κ1) is 11.4. The molecule has 13 heavy (non-hydrogen) atoms. The second-order valence-electron chi connectivity index (χ2n) is 3.09. The van der Waals surface area contributed by atoms with Gasteiger partial charge in [0, 0.05) is 0 Å². The monoisotopic (exact) mass is 184 g/mol. The molecule has 0 rings (SSSR count). The van der Waals surface area contributed by atoms with Gasteiger partial charge in [-0.2, -0.15) is 5.26 Å². The highest BCUT2D eigenvalue weighted by Crippen LogP contribution is 2.03. The van der Waals surface area contributed by atoms with Crippen LogP contribution >= 0.6 is 0 Å². The van der Waals surface area contributed by atoms with Gasteiger partial charge in [0.15, 0.2) is 0 Å². The van der Waals surface area contributed by atoms with Crippen molar-refractivity contribution in [2.75, 3.05) is 0 Å². The standard InChI is InChI=1S/C8H12N2O3/c1-5(2)3-6(4-9)10-7(11)8(12)13/h5-6H,3H2,1-2H3,(H,10,11)(H,12,13). The molecule has 0 fully saturated rings. The van der Waals surface area contributed by atoms with E-state index in [2.05, 4.69) is 5.32 Å². The molecule has 0 radical (unpaired) electrons. The fourth-order valence-electron chi connectivity index (χ4n) is 0.835. The van der Waals surface area contributed by atoms with Gasteiger partial charge >= 0.3 is 11.9 Å². The number of nitriles is 1. The van der Waals surface area contributed by atoms with Crippen LogP contribution in [-0.4, -0.2) is 23.0 Å². The quantitative estimate of drug-likeness (QED) is 0.610. The van der Waals surface area contributed by atoms with Crippen molar-refractivity contribution in [3.05, 3.63) is 0 Å². The SMILES string of the molecule is CC(C)CC(C#N)NC(=O)C(=O)O. The van der Waals surface area contributed by atoms with E-state index in [0.717, 1.165) is 0 Å². The fraction of sp³-hybridized carbons (Fsp3) is 0.625. The van der Waals surface area contributed by atoms with Crippen molar-refractivity contribution >= 4 is 11.9 Å². The van der Waals surface area contributed by atoms with Gasteiger partial charge in [-0.15, -0.1) is 0 Å². The summed E-state index contributed by atoms with van der Waals surface area (Å²) in [6.07, 6.45) is 0.454. The Bertz CT molecular complexity index is 242. The predicted molar refractivity (Wildman–Crippen MR) is 44.6 cm³/mol. The van der Waals surface area contributed by atoms with Crippen molar-refractivity contribution in [3.63, 3.8) is 0 Å². The normalized spacial score (nSPS) is 11.8. The lowest BCUT2D eigenvalue weighted by Crippen LogP contribution is -2.39. The molecule has 72 valence electrons. The summed E-state index contributed by atoms with van der Waals surface area (Å²) in [5.41, 5.74) is 0. The molecular weight excluding hydrogens is 172 g/mol. The largest absolute Gasteiger partial charge is 0.474 e. The molecule has 0 aliphatic carbocycles. The molecule has 0 aromatic carbocycles. The van der Waals surface area contributed by atoms with Gasteiger partial charge in [-0.1, -0.05) is 13.8 Å². The lowest BCUT2D eigenvalue weighted by molar-refractivity contribution is -0.150. The van der Waals surface area contributed by atoms with Crippen LogP contribution in [0.4, 0.5) is 0 Å². The first-order valence-electron chi connectivity index (χ1n) is 3.90. The fourth-order valence-corrected chi connectivity index (χ4v) is 0.835. The Balaban J connectivity index is 4.08. The molecule has 1 amide bonds. The molecule has 1 atom stereocenters. The molecule has 1 unspecified atom stereocenters. The van der Waals surface area contributed by atoms with Crippen LogP contribution in [0.3, 0.4) is 0 Å². The molecule has 0 heterocycles. The smallest absolute Gasteiger partial charge is 0.394 e. The zero-order chi connectivity index (χ0) is 10.4. The van der Waals surface area contributed by atoms with Gasteiger partial charge in [0.05, 0.1) is 6.07 Å². The summed E-state index contributed by atoms with van der Waals surface area (Å²) < 4.78 is 0. The van der Waals surface area contributed by atoms with Crippen LogP contribution in [0.5, 0.6) is 0 Å². The number of aliphatic carboxylic acids is 1. The average Bonchev–Trinajstić information content (AvgIpc) is 2.02. The first-order chi connectivity index (χ1) is 5.97. The molecule has 0 aliphatic heterocycles. The van der Waals surface area contributed by atoms with Crippen molar-refractivity contribution in [2.45, 2.75) is 26.3 Å². The van der Waals surface area contributed by atoms with Crippen LogP contribution in [0.1, 0.15) is 20.3 Å². The number of rotatable bonds is 3. The maximum absolute atomic E-state index is 10.6. The van der Waals surface area contributed by atoms with Crippen molar-refractivity contribution in [3.8, 4) is 6.07 Å². The first-order valence-corrected chi connectivity index (χ1v) is 3.90. The van der Waals surface area contributed by atoms with Crippen molar-refractivity contribution in [1.29, 1.82) is 5.26 Å². The van der Waals surface area contributed by atoms with E-state index in [-0.39, 0.29) is 5.92 Å². The third kappa shape index (κ3) is 4.80. The Hall–Kier alpha value is -1.57. The maximum atomic E-state index is 10.6. The zero-order valence-corrected chi connectivity index (χ0v) is 7.57. The molecule has 0 aromatic heterocycles. The van der Waals surface area contributed by atoms with Gasteiger partial charge in [0.2, 0.25) is 0 Å². The third-order valence-electron chi connectivity index (χ3n) is 1.36. The van der Waals surface area contributed by atoms with E-state index in [4.69, 9.17) is 10.4 Å². The van der Waals surface area contributed by atoms with Crippen LogP contribution in [0.15, 0.2) is 0 Å². The van der Waals surface area contributed by atoms with E-state index < -0.39 is 17.9 Å². The van der Waals surface area contributed by atoms with Crippen LogP contribution in [-0.2, 0) is 9.59 Å². The minimum Gasteiger partial charge on any atom is -0.474 e. The topological polar surface area (TPSA) is 90.2 Å². The number of carboxylic acid groups (broad SMARTS) is 1. The molecule has 0 aliphatic rings. The van der Waals surface area contributed by atoms with Crippen molar-refractivity contribution in [1.82, 2.24) is 5.32 Å². The Morgan fingerprint density at radius 3 is 2.38 bits per heavy atom. The minimum absolute atomic E-state index is 0.235. The molecule has 0 spiro atoms. The summed E-state index contributed by atoms with van der Waals surface area (Å²) in [6.45, 7) is 3.77. The van der Waals surface area contributed by atoms with Gasteiger partial charge < -0.3 is 10.4 Å². The number of carbonyl (C=O) groups is 2. The molecule has 2 N–H and O–H groups in total. The Labute approximate surface area is 76.4 Å². The zero-order valence-electron chi connectivity index (χ0n) is 7.57. The Kier molecular flexibility index (Phi) is 4.52. The predicted octanol–water partition coefficient (Wildman–Crippen LogP) is 0.125. The summed E-state index contributed by atoms with van der Waals surface area (Å²) in [4.78, 5) is 20.7. The molecule has 0 aromatic rings. The van der Waals surface area contributed by atoms with Gasteiger partial charge in [0.25, 0.3) is 0 Å². The van der Waals surface area contributed by atoms with E-state index in [1.807, 2.05) is 19.9 Å². The Morgan fingerprint density at radius 1 is 1.54 bits per heavy atom. The van der Waals surface area contributed by atoms with E-state index in [1.54, 1.807) is 0 Å². The second kappa shape index (κ2) is 5.14. The average molecular weight is 184 g/mol. The van der Waals surface area contributed by atoms with Gasteiger partial charge in [-0.25, -0.2) is 4.79 Å². The van der Waals surface area contributed by atoms with Crippen LogP contribution in [0.25, 0.3) is 0 Å². The van der Waals surface area contributed by atoms with Gasteiger partial charge in [-0.05, 0) is 12.3 Å². The van der Waals surface area contributed by atoms with E-state index in [9.17, 15) is 9.59 Å². The number of carbonyl (C=O) groups excluding carboxylic acids is 1. The number of nitrogens with zero attached hydrogens (tertiary/aromatic N) is 1. The van der Waals surface area contributed by atoms with Crippen molar-refractivity contribution in [2.24, 2.45) is 5.92 Å². The molecule has 0 bridgehead atoms. The summed E-state index contributed by atoms with van der Waals surface area (Å²) in [7, 11) is 0. The molecule has 5 heteroatoms. The summed E-state index contributed by atoms with van der Waals surface area (Å²) >= 11 is 0. The molecule has 0 saturated carbocycles. The maximum Gasteiger partial charge on any atom is 0.394 e. The number of hydrogen-bond acceptors (Lipinski definition) is 3. The van der Waals surface area contributed by atoms with E-state index in [1.165, 1.54) is 0 Å². The van der Waals surface area contributed by atoms with Gasteiger partial charge in [-0.3, -0.25) is 4.79 Å². The number of hydrogen-bond donors (Lipinski definition) is 2. The Morgan fingerprint density at radius 2 is 2.08 bits per heavy atom. The second-order valence-corrected chi connectivity index (χ2v) is 3.09. The highest BCUT2D eigenvalue weighted by molar-refractivity contribution is 6.31. The summed E-state index contributed by atoms with van der Waals surface area (Å²) in [6, 6.07) is 1.10. The lowest BCUT2D eigenvalue weighted by atomic mass is 10.1. The number of nitrogens with one attached hydrogen (secondary N) is 1. The molecule has 0 saturated heterocycles. The van der Waals surface area contributed by atoms with Crippen molar-refractivity contribution < 1.29 is 14.7 Å². The molecule has 5 nitrogen and oxygen atoms in total. The van der Waals surface area contributed by atoms with Gasteiger partial charge in [0.1, 0.15) is 6.04 Å². The van der Waals surface area contributed by atoms with Crippen LogP contribution in [0, 0.1) is 17.2 Å². The lowest BCUT2D eigenvalue weighted by Gasteiger charge is -2.11.